The number of para-hydroxylation sites is 1. The Labute approximate surface area is 127 Å². The quantitative estimate of drug-likeness (QED) is 0.689. The minimum Gasteiger partial charge on any atom is -0.449 e. The van der Waals surface area contributed by atoms with Gasteiger partial charge >= 0.3 is 6.09 Å². The van der Waals surface area contributed by atoms with Gasteiger partial charge in [0.2, 0.25) is 0 Å². The minimum absolute atomic E-state index is 0.111. The van der Waals surface area contributed by atoms with Crippen molar-refractivity contribution >= 4 is 22.8 Å². The summed E-state index contributed by atoms with van der Waals surface area (Å²) in [5.74, 6) is -0.111. The van der Waals surface area contributed by atoms with Crippen molar-refractivity contribution in [3.63, 3.8) is 0 Å². The first-order chi connectivity index (χ1) is 10.7. The first kappa shape index (κ1) is 14.1. The normalized spacial score (nSPS) is 10.6. The van der Waals surface area contributed by atoms with Crippen LogP contribution in [0.15, 0.2) is 60.8 Å². The topological polar surface area (TPSA) is 48.3 Å². The molecule has 3 rings (SSSR count). The lowest BCUT2D eigenvalue weighted by atomic mass is 10.0. The number of ether oxygens (including phenoxy) is 1. The number of hydrogen-bond acceptors (Lipinski definition) is 3. The molecule has 0 atom stereocenters. The van der Waals surface area contributed by atoms with Gasteiger partial charge in [-0.15, -0.1) is 0 Å². The number of hydrogen-bond donors (Lipinski definition) is 0. The van der Waals surface area contributed by atoms with Gasteiger partial charge in [0.25, 0.3) is 0 Å². The van der Waals surface area contributed by atoms with Gasteiger partial charge in [0.1, 0.15) is 0 Å². The van der Waals surface area contributed by atoms with E-state index < -0.39 is 6.09 Å². The molecule has 0 unspecified atom stereocenters. The van der Waals surface area contributed by atoms with Crippen LogP contribution in [0.5, 0.6) is 0 Å². The highest BCUT2D eigenvalue weighted by molar-refractivity contribution is 6.17. The van der Waals surface area contributed by atoms with E-state index in [1.54, 1.807) is 31.3 Å². The van der Waals surface area contributed by atoms with Gasteiger partial charge in [-0.1, -0.05) is 48.5 Å². The smallest absolute Gasteiger partial charge is 0.418 e. The minimum atomic E-state index is -0.481. The second-order valence-electron chi connectivity index (χ2n) is 4.82. The van der Waals surface area contributed by atoms with Crippen molar-refractivity contribution in [2.45, 2.75) is 6.92 Å². The van der Waals surface area contributed by atoms with E-state index in [4.69, 9.17) is 4.74 Å². The van der Waals surface area contributed by atoms with Crippen molar-refractivity contribution in [3.05, 3.63) is 71.9 Å². The highest BCUT2D eigenvalue weighted by Crippen LogP contribution is 2.24. The zero-order valence-corrected chi connectivity index (χ0v) is 12.2. The van der Waals surface area contributed by atoms with Crippen LogP contribution in [0, 0.1) is 0 Å². The highest BCUT2D eigenvalue weighted by Gasteiger charge is 2.19. The number of benzene rings is 2. The van der Waals surface area contributed by atoms with Crippen LogP contribution in [0.2, 0.25) is 0 Å². The summed E-state index contributed by atoms with van der Waals surface area (Å²) in [4.78, 5) is 24.7. The fraction of sp³-hybridized carbons (Fsp3) is 0.111. The van der Waals surface area contributed by atoms with E-state index in [-0.39, 0.29) is 12.4 Å². The fourth-order valence-electron chi connectivity index (χ4n) is 2.45. The van der Waals surface area contributed by atoms with Crippen molar-refractivity contribution in [2.75, 3.05) is 6.61 Å². The molecule has 1 heterocycles. The van der Waals surface area contributed by atoms with Crippen molar-refractivity contribution in [3.8, 4) is 0 Å². The molecule has 0 aliphatic carbocycles. The van der Waals surface area contributed by atoms with Crippen LogP contribution in [0.25, 0.3) is 10.9 Å². The molecule has 0 fully saturated rings. The number of nitrogens with zero attached hydrogens (tertiary/aromatic N) is 1. The molecule has 0 amide bonds. The van der Waals surface area contributed by atoms with Crippen LogP contribution in [-0.2, 0) is 4.74 Å². The van der Waals surface area contributed by atoms with Crippen molar-refractivity contribution in [1.82, 2.24) is 4.57 Å². The largest absolute Gasteiger partial charge is 0.449 e. The van der Waals surface area contributed by atoms with Gasteiger partial charge in [0, 0.05) is 22.7 Å². The Morgan fingerprint density at radius 3 is 2.41 bits per heavy atom. The predicted octanol–water partition coefficient (Wildman–Crippen LogP) is 3.88. The van der Waals surface area contributed by atoms with E-state index in [9.17, 15) is 9.59 Å². The maximum absolute atomic E-state index is 12.7. The third-order valence-electron chi connectivity index (χ3n) is 3.46. The van der Waals surface area contributed by atoms with E-state index in [2.05, 4.69) is 0 Å². The zero-order chi connectivity index (χ0) is 15.5. The van der Waals surface area contributed by atoms with Crippen LogP contribution in [0.4, 0.5) is 4.79 Å². The lowest BCUT2D eigenvalue weighted by molar-refractivity contribution is 0.104. The Balaban J connectivity index is 2.15. The maximum atomic E-state index is 12.7. The predicted molar refractivity (Wildman–Crippen MR) is 84.2 cm³/mol. The zero-order valence-electron chi connectivity index (χ0n) is 12.2. The average Bonchev–Trinajstić information content (AvgIpc) is 2.95. The standard InChI is InChI=1S/C18H15NO3/c1-2-22-18(21)19-12-15(14-10-6-7-11-16(14)19)17(20)13-8-4-3-5-9-13/h3-12H,2H2,1H3. The molecule has 4 heteroatoms. The van der Waals surface area contributed by atoms with E-state index in [1.807, 2.05) is 36.4 Å². The second-order valence-corrected chi connectivity index (χ2v) is 4.82. The molecule has 4 nitrogen and oxygen atoms in total. The van der Waals surface area contributed by atoms with Crippen LogP contribution in [0.1, 0.15) is 22.8 Å². The summed E-state index contributed by atoms with van der Waals surface area (Å²) in [7, 11) is 0. The first-order valence-corrected chi connectivity index (χ1v) is 7.09. The fourth-order valence-corrected chi connectivity index (χ4v) is 2.45. The summed E-state index contributed by atoms with van der Waals surface area (Å²) in [5.41, 5.74) is 1.75. The van der Waals surface area contributed by atoms with Crippen LogP contribution >= 0.6 is 0 Å². The molecule has 0 saturated heterocycles. The number of carbonyl (C=O) groups excluding carboxylic acids is 2. The molecule has 0 saturated carbocycles. The average molecular weight is 293 g/mol. The number of fused-ring (bicyclic) bond motifs is 1. The number of rotatable bonds is 3. The molecule has 0 N–H and O–H groups in total. The summed E-state index contributed by atoms with van der Waals surface area (Å²) in [5, 5.41) is 0.740. The molecule has 0 spiro atoms. The second kappa shape index (κ2) is 5.85. The van der Waals surface area contributed by atoms with Gasteiger partial charge in [-0.05, 0) is 13.0 Å². The van der Waals surface area contributed by atoms with Crippen molar-refractivity contribution < 1.29 is 14.3 Å². The third kappa shape index (κ3) is 2.39. The van der Waals surface area contributed by atoms with Gasteiger partial charge in [-0.3, -0.25) is 9.36 Å². The van der Waals surface area contributed by atoms with Gasteiger partial charge in [-0.2, -0.15) is 0 Å². The molecular formula is C18H15NO3. The highest BCUT2D eigenvalue weighted by atomic mass is 16.5. The van der Waals surface area contributed by atoms with Crippen LogP contribution in [0.3, 0.4) is 0 Å². The Bertz CT molecular complexity index is 834. The Hall–Kier alpha value is -2.88. The maximum Gasteiger partial charge on any atom is 0.418 e. The van der Waals surface area contributed by atoms with E-state index in [1.165, 1.54) is 4.57 Å². The summed E-state index contributed by atoms with van der Waals surface area (Å²) >= 11 is 0. The summed E-state index contributed by atoms with van der Waals surface area (Å²) < 4.78 is 6.43. The number of aromatic nitrogens is 1. The van der Waals surface area contributed by atoms with Gasteiger partial charge in [0.15, 0.2) is 5.78 Å². The van der Waals surface area contributed by atoms with E-state index in [0.717, 1.165) is 5.39 Å². The molecule has 3 aromatic rings. The molecule has 110 valence electrons. The number of carbonyl (C=O) groups is 2. The molecule has 0 aliphatic rings. The molecule has 0 aliphatic heterocycles. The molecule has 0 bridgehead atoms. The first-order valence-electron chi connectivity index (χ1n) is 7.09. The van der Waals surface area contributed by atoms with Gasteiger partial charge in [0.05, 0.1) is 12.1 Å². The van der Waals surface area contributed by atoms with E-state index in [0.29, 0.717) is 16.6 Å². The summed E-state index contributed by atoms with van der Waals surface area (Å²) in [6.45, 7) is 2.03. The van der Waals surface area contributed by atoms with E-state index >= 15 is 0 Å². The van der Waals surface area contributed by atoms with Crippen molar-refractivity contribution in [2.24, 2.45) is 0 Å². The Morgan fingerprint density at radius 1 is 1.00 bits per heavy atom. The number of ketones is 1. The third-order valence-corrected chi connectivity index (χ3v) is 3.46. The van der Waals surface area contributed by atoms with Crippen LogP contribution < -0.4 is 0 Å². The molecule has 22 heavy (non-hydrogen) atoms. The lowest BCUT2D eigenvalue weighted by Crippen LogP contribution is -2.12. The van der Waals surface area contributed by atoms with Gasteiger partial charge in [-0.25, -0.2) is 4.79 Å². The molecule has 2 aromatic carbocycles. The molecule has 0 radical (unpaired) electrons. The summed E-state index contributed by atoms with van der Waals surface area (Å²) in [6.07, 6.45) is 1.07. The SMILES string of the molecule is CCOC(=O)n1cc(C(=O)c2ccccc2)c2ccccc21. The van der Waals surface area contributed by atoms with Crippen molar-refractivity contribution in [1.29, 1.82) is 0 Å². The Morgan fingerprint density at radius 2 is 1.68 bits per heavy atom. The molecular weight excluding hydrogens is 278 g/mol. The van der Waals surface area contributed by atoms with Gasteiger partial charge < -0.3 is 4.74 Å². The summed E-state index contributed by atoms with van der Waals surface area (Å²) in [6, 6.07) is 16.3. The monoisotopic (exact) mass is 293 g/mol. The lowest BCUT2D eigenvalue weighted by Gasteiger charge is -2.03. The molecule has 1 aromatic heterocycles. The van der Waals surface area contributed by atoms with Crippen LogP contribution in [-0.4, -0.2) is 23.1 Å². The Kier molecular flexibility index (Phi) is 3.74.